The van der Waals surface area contributed by atoms with E-state index >= 15 is 0 Å². The Bertz CT molecular complexity index is 708. The molecular weight excluding hydrogens is 344 g/mol. The number of nitrogen functional groups attached to an aromatic ring is 2. The van der Waals surface area contributed by atoms with Crippen LogP contribution in [-0.2, 0) is 9.59 Å². The minimum Gasteiger partial charge on any atom is -0.478 e. The second kappa shape index (κ2) is 11.3. The van der Waals surface area contributed by atoms with Crippen LogP contribution in [0.3, 0.4) is 0 Å². The monoisotopic (exact) mass is 362 g/mol. The minimum atomic E-state index is -0.974. The molecule has 0 unspecified atom stereocenters. The number of hydrogen-bond donors (Lipinski definition) is 4. The van der Waals surface area contributed by atoms with Crippen molar-refractivity contribution in [3.8, 4) is 0 Å². The lowest BCUT2D eigenvalue weighted by molar-refractivity contribution is -0.132. The molecule has 0 bridgehead atoms. The Labute approximate surface area is 151 Å². The van der Waals surface area contributed by atoms with Gasteiger partial charge in [-0.1, -0.05) is 36.4 Å². The first kappa shape index (κ1) is 21.8. The number of carbonyl (C=O) groups is 2. The van der Waals surface area contributed by atoms with E-state index in [0.29, 0.717) is 11.4 Å². The lowest BCUT2D eigenvalue weighted by Gasteiger charge is -1.96. The predicted molar refractivity (Wildman–Crippen MR) is 102 cm³/mol. The Morgan fingerprint density at radius 3 is 1.32 bits per heavy atom. The van der Waals surface area contributed by atoms with E-state index in [1.807, 2.05) is 0 Å². The number of hydrogen-bond acceptors (Lipinski definition) is 4. The van der Waals surface area contributed by atoms with E-state index in [2.05, 4.69) is 0 Å². The van der Waals surface area contributed by atoms with Crippen LogP contribution in [0.2, 0.25) is 0 Å². The maximum absolute atomic E-state index is 10.2. The van der Waals surface area contributed by atoms with Gasteiger partial charge in [-0.3, -0.25) is 0 Å². The topological polar surface area (TPSA) is 127 Å². The summed E-state index contributed by atoms with van der Waals surface area (Å²) < 4.78 is 0. The molecule has 25 heavy (non-hydrogen) atoms. The molecule has 2 aromatic rings. The van der Waals surface area contributed by atoms with Crippen molar-refractivity contribution in [3.63, 3.8) is 0 Å². The summed E-state index contributed by atoms with van der Waals surface area (Å²) in [6.07, 6.45) is 5.06. The molecule has 0 aliphatic rings. The Balaban J connectivity index is 0.000000443. The zero-order valence-electron chi connectivity index (χ0n) is 13.2. The van der Waals surface area contributed by atoms with Gasteiger partial charge in [0.15, 0.2) is 0 Å². The van der Waals surface area contributed by atoms with Gasteiger partial charge in [-0.05, 0) is 35.4 Å². The molecule has 0 aliphatic heterocycles. The third kappa shape index (κ3) is 8.83. The molecule has 2 rings (SSSR count). The van der Waals surface area contributed by atoms with Crippen LogP contribution in [0, 0.1) is 0 Å². The van der Waals surface area contributed by atoms with E-state index in [0.717, 1.165) is 23.3 Å². The molecule has 0 amide bonds. The number of carboxylic acid groups (broad SMARTS) is 2. The molecule has 7 heteroatoms. The molecule has 0 aromatic heterocycles. The summed E-state index contributed by atoms with van der Waals surface area (Å²) in [6.45, 7) is 0. The van der Waals surface area contributed by atoms with Gasteiger partial charge in [0.25, 0.3) is 0 Å². The highest BCUT2D eigenvalue weighted by molar-refractivity contribution is 5.87. The molecular formula is C18H19ClN2O4. The van der Waals surface area contributed by atoms with Gasteiger partial charge in [-0.2, -0.15) is 0 Å². The van der Waals surface area contributed by atoms with E-state index in [1.165, 1.54) is 12.2 Å². The molecule has 0 saturated carbocycles. The molecule has 0 saturated heterocycles. The van der Waals surface area contributed by atoms with Gasteiger partial charge in [-0.15, -0.1) is 12.4 Å². The normalized spacial score (nSPS) is 9.92. The van der Waals surface area contributed by atoms with Crippen LogP contribution in [0.25, 0.3) is 12.2 Å². The van der Waals surface area contributed by atoms with Gasteiger partial charge < -0.3 is 21.7 Å². The van der Waals surface area contributed by atoms with Crippen molar-refractivity contribution in [2.45, 2.75) is 0 Å². The third-order valence-electron chi connectivity index (χ3n) is 2.80. The van der Waals surface area contributed by atoms with Gasteiger partial charge in [0, 0.05) is 23.5 Å². The van der Waals surface area contributed by atoms with Crippen LogP contribution in [-0.4, -0.2) is 22.2 Å². The first-order valence-electron chi connectivity index (χ1n) is 6.91. The highest BCUT2D eigenvalue weighted by Gasteiger charge is 1.93. The fraction of sp³-hybridized carbons (Fsp3) is 0. The molecule has 132 valence electrons. The summed E-state index contributed by atoms with van der Waals surface area (Å²) in [5, 5.41) is 16.7. The van der Waals surface area contributed by atoms with Crippen LogP contribution in [0.15, 0.2) is 60.7 Å². The van der Waals surface area contributed by atoms with Crippen molar-refractivity contribution in [1.82, 2.24) is 0 Å². The van der Waals surface area contributed by atoms with Gasteiger partial charge in [0.1, 0.15) is 0 Å². The first-order chi connectivity index (χ1) is 11.4. The lowest BCUT2D eigenvalue weighted by atomic mass is 10.2. The van der Waals surface area contributed by atoms with E-state index in [4.69, 9.17) is 21.7 Å². The highest BCUT2D eigenvalue weighted by atomic mass is 35.5. The standard InChI is InChI=1S/2C9H9NO2.ClH/c2*10-8-4-2-1-3-7(8)5-6-9(11)12;/h2*1-6H,10H2,(H,11,12);1H. The smallest absolute Gasteiger partial charge is 0.328 e. The second-order valence-electron chi connectivity index (χ2n) is 4.60. The van der Waals surface area contributed by atoms with Gasteiger partial charge in [0.05, 0.1) is 0 Å². The number of rotatable bonds is 4. The van der Waals surface area contributed by atoms with Crippen LogP contribution in [0.4, 0.5) is 11.4 Å². The largest absolute Gasteiger partial charge is 0.478 e. The van der Waals surface area contributed by atoms with Crippen LogP contribution in [0.5, 0.6) is 0 Å². The summed E-state index contributed by atoms with van der Waals surface area (Å²) >= 11 is 0. The quantitative estimate of drug-likeness (QED) is 0.488. The number of aliphatic carboxylic acids is 2. The Morgan fingerprint density at radius 2 is 1.04 bits per heavy atom. The van der Waals surface area contributed by atoms with Gasteiger partial charge in [-0.25, -0.2) is 9.59 Å². The Hall–Kier alpha value is -3.25. The van der Waals surface area contributed by atoms with Crippen molar-refractivity contribution in [1.29, 1.82) is 0 Å². The van der Waals surface area contributed by atoms with Crippen molar-refractivity contribution in [3.05, 3.63) is 71.8 Å². The van der Waals surface area contributed by atoms with Gasteiger partial charge in [0.2, 0.25) is 0 Å². The Morgan fingerprint density at radius 1 is 0.720 bits per heavy atom. The molecule has 0 aliphatic carbocycles. The van der Waals surface area contributed by atoms with Crippen molar-refractivity contribution in [2.24, 2.45) is 0 Å². The molecule has 0 fully saturated rings. The fourth-order valence-corrected chi connectivity index (χ4v) is 1.65. The number of halogens is 1. The average molecular weight is 363 g/mol. The molecule has 0 radical (unpaired) electrons. The minimum absolute atomic E-state index is 0. The molecule has 6 nitrogen and oxygen atoms in total. The number of nitrogens with two attached hydrogens (primary N) is 2. The number of carboxylic acids is 2. The number of para-hydroxylation sites is 2. The summed E-state index contributed by atoms with van der Waals surface area (Å²) in [7, 11) is 0. The maximum atomic E-state index is 10.2. The zero-order valence-corrected chi connectivity index (χ0v) is 14.0. The molecule has 0 heterocycles. The molecule has 0 atom stereocenters. The first-order valence-corrected chi connectivity index (χ1v) is 6.91. The van der Waals surface area contributed by atoms with E-state index in [9.17, 15) is 9.59 Å². The van der Waals surface area contributed by atoms with Crippen molar-refractivity contribution >= 4 is 47.9 Å². The summed E-state index contributed by atoms with van der Waals surface area (Å²) in [5.74, 6) is -1.95. The number of benzene rings is 2. The van der Waals surface area contributed by atoms with Crippen LogP contribution >= 0.6 is 12.4 Å². The average Bonchev–Trinajstić information content (AvgIpc) is 2.54. The number of anilines is 2. The highest BCUT2D eigenvalue weighted by Crippen LogP contribution is 2.12. The SMILES string of the molecule is Cl.Nc1ccccc1C=CC(=O)O.Nc1ccccc1C=CC(=O)O. The molecule has 6 N–H and O–H groups in total. The van der Waals surface area contributed by atoms with E-state index in [-0.39, 0.29) is 12.4 Å². The van der Waals surface area contributed by atoms with Crippen LogP contribution < -0.4 is 11.5 Å². The second-order valence-corrected chi connectivity index (χ2v) is 4.60. The lowest BCUT2D eigenvalue weighted by Crippen LogP contribution is -1.90. The van der Waals surface area contributed by atoms with E-state index < -0.39 is 11.9 Å². The third-order valence-corrected chi connectivity index (χ3v) is 2.80. The van der Waals surface area contributed by atoms with Crippen molar-refractivity contribution in [2.75, 3.05) is 11.5 Å². The predicted octanol–water partition coefficient (Wildman–Crippen LogP) is 3.16. The summed E-state index contributed by atoms with van der Waals surface area (Å²) in [5.41, 5.74) is 13.7. The van der Waals surface area contributed by atoms with Gasteiger partial charge >= 0.3 is 11.9 Å². The van der Waals surface area contributed by atoms with Crippen molar-refractivity contribution < 1.29 is 19.8 Å². The summed E-state index contributed by atoms with van der Waals surface area (Å²) in [6, 6.07) is 14.2. The maximum Gasteiger partial charge on any atom is 0.328 e. The zero-order chi connectivity index (χ0) is 17.9. The molecule has 0 spiro atoms. The van der Waals surface area contributed by atoms with Crippen LogP contribution in [0.1, 0.15) is 11.1 Å². The van der Waals surface area contributed by atoms with E-state index in [1.54, 1.807) is 48.5 Å². The summed E-state index contributed by atoms with van der Waals surface area (Å²) in [4.78, 5) is 20.3. The molecule has 2 aromatic carbocycles. The Kier molecular flexibility index (Phi) is 9.84. The fourth-order valence-electron chi connectivity index (χ4n) is 1.65.